The molecule has 3 heterocycles. The molecule has 28 heavy (non-hydrogen) atoms. The van der Waals surface area contributed by atoms with Gasteiger partial charge in [-0.1, -0.05) is 11.6 Å². The average Bonchev–Trinajstić information content (AvgIpc) is 3.47. The fraction of sp³-hybridized carbons (Fsp3) is 0.450. The van der Waals surface area contributed by atoms with Crippen LogP contribution in [0.25, 0.3) is 11.3 Å². The van der Waals surface area contributed by atoms with E-state index in [0.717, 1.165) is 12.8 Å². The number of ether oxygens (including phenoxy) is 1. The number of amides is 1. The van der Waals surface area contributed by atoms with Gasteiger partial charge < -0.3 is 21.3 Å². The molecule has 8 heteroatoms. The molecule has 0 spiro atoms. The molecule has 0 aromatic carbocycles. The lowest BCUT2D eigenvalue weighted by Gasteiger charge is -2.28. The van der Waals surface area contributed by atoms with E-state index in [2.05, 4.69) is 4.98 Å². The standard InChI is InChI=1S/C20H23ClN4O3/c1-10-15(21)12(5-6-24-10)16-17-13(19(2,9-28-17)18(23)26)7-14(25-16)20(27,8-22)11-3-4-11/h5-7,11,27H,3-4,8-9,22H2,1-2H3,(H2,23,26)/t19-,20+/m0/s1. The summed E-state index contributed by atoms with van der Waals surface area (Å²) in [6, 6.07) is 3.45. The van der Waals surface area contributed by atoms with E-state index in [1.807, 2.05) is 0 Å². The molecule has 0 bridgehead atoms. The van der Waals surface area contributed by atoms with Crippen LogP contribution in [0.4, 0.5) is 0 Å². The number of rotatable bonds is 5. The summed E-state index contributed by atoms with van der Waals surface area (Å²) in [5, 5.41) is 11.7. The normalized spacial score (nSPS) is 23.0. The van der Waals surface area contributed by atoms with E-state index in [0.29, 0.717) is 39.0 Å². The Labute approximate surface area is 168 Å². The Morgan fingerprint density at radius 3 is 2.82 bits per heavy atom. The lowest BCUT2D eigenvalue weighted by Crippen LogP contribution is -2.41. The molecule has 1 aliphatic carbocycles. The van der Waals surface area contributed by atoms with Gasteiger partial charge in [0.1, 0.15) is 29.1 Å². The van der Waals surface area contributed by atoms with Crippen molar-refractivity contribution in [2.45, 2.75) is 37.7 Å². The minimum Gasteiger partial charge on any atom is -0.489 e. The number of aliphatic hydroxyl groups is 1. The maximum atomic E-state index is 12.2. The predicted octanol–water partition coefficient (Wildman–Crippen LogP) is 1.80. The van der Waals surface area contributed by atoms with Crippen LogP contribution in [0.2, 0.25) is 5.02 Å². The van der Waals surface area contributed by atoms with Crippen molar-refractivity contribution in [1.82, 2.24) is 9.97 Å². The third-order valence-corrected chi connectivity index (χ3v) is 6.42. The van der Waals surface area contributed by atoms with Crippen molar-refractivity contribution >= 4 is 17.5 Å². The largest absolute Gasteiger partial charge is 0.489 e. The molecule has 1 saturated carbocycles. The molecule has 7 nitrogen and oxygen atoms in total. The Morgan fingerprint density at radius 1 is 1.50 bits per heavy atom. The summed E-state index contributed by atoms with van der Waals surface area (Å²) in [5.74, 6) is -0.0190. The van der Waals surface area contributed by atoms with E-state index < -0.39 is 16.9 Å². The quantitative estimate of drug-likeness (QED) is 0.700. The summed E-state index contributed by atoms with van der Waals surface area (Å²) in [5.41, 5.74) is 12.1. The van der Waals surface area contributed by atoms with E-state index in [9.17, 15) is 9.90 Å². The molecule has 2 aliphatic rings. The number of aromatic nitrogens is 2. The van der Waals surface area contributed by atoms with Crippen LogP contribution in [0.1, 0.15) is 36.7 Å². The highest BCUT2D eigenvalue weighted by atomic mass is 35.5. The summed E-state index contributed by atoms with van der Waals surface area (Å²) in [7, 11) is 0. The van der Waals surface area contributed by atoms with Crippen molar-refractivity contribution in [2.75, 3.05) is 13.2 Å². The third kappa shape index (κ3) is 2.69. The number of hydrogen-bond donors (Lipinski definition) is 3. The summed E-state index contributed by atoms with van der Waals surface area (Å²) in [6.07, 6.45) is 3.39. The number of primary amides is 1. The number of halogens is 1. The lowest BCUT2D eigenvalue weighted by molar-refractivity contribution is -0.123. The smallest absolute Gasteiger partial charge is 0.231 e. The van der Waals surface area contributed by atoms with Crippen LogP contribution in [0.3, 0.4) is 0 Å². The number of fused-ring (bicyclic) bond motifs is 1. The van der Waals surface area contributed by atoms with Gasteiger partial charge in [-0.3, -0.25) is 9.78 Å². The van der Waals surface area contributed by atoms with Gasteiger partial charge in [0, 0.05) is 23.9 Å². The maximum absolute atomic E-state index is 12.2. The van der Waals surface area contributed by atoms with Gasteiger partial charge in [0.05, 0.1) is 16.4 Å². The maximum Gasteiger partial charge on any atom is 0.231 e. The van der Waals surface area contributed by atoms with E-state index in [1.165, 1.54) is 0 Å². The van der Waals surface area contributed by atoms with Crippen LogP contribution < -0.4 is 16.2 Å². The first-order valence-electron chi connectivity index (χ1n) is 9.25. The van der Waals surface area contributed by atoms with E-state index in [-0.39, 0.29) is 19.1 Å². The zero-order chi connectivity index (χ0) is 20.3. The van der Waals surface area contributed by atoms with Crippen molar-refractivity contribution in [3.05, 3.63) is 40.3 Å². The molecule has 5 N–H and O–H groups in total. The van der Waals surface area contributed by atoms with Gasteiger partial charge in [0.25, 0.3) is 0 Å². The van der Waals surface area contributed by atoms with Gasteiger partial charge in [-0.25, -0.2) is 4.98 Å². The molecule has 0 unspecified atom stereocenters. The second-order valence-electron chi connectivity index (χ2n) is 7.88. The fourth-order valence-electron chi connectivity index (χ4n) is 3.76. The van der Waals surface area contributed by atoms with Gasteiger partial charge in [0.15, 0.2) is 0 Å². The van der Waals surface area contributed by atoms with E-state index in [1.54, 1.807) is 32.2 Å². The first kappa shape index (κ1) is 19.1. The van der Waals surface area contributed by atoms with Gasteiger partial charge in [-0.05, 0) is 44.7 Å². The number of nitrogens with two attached hydrogens (primary N) is 2. The first-order chi connectivity index (χ1) is 13.2. The van der Waals surface area contributed by atoms with E-state index in [4.69, 9.17) is 32.8 Å². The number of pyridine rings is 2. The topological polar surface area (TPSA) is 124 Å². The molecule has 1 fully saturated rings. The molecule has 1 amide bonds. The third-order valence-electron chi connectivity index (χ3n) is 5.94. The Balaban J connectivity index is 2.01. The van der Waals surface area contributed by atoms with Crippen molar-refractivity contribution in [3.8, 4) is 17.0 Å². The van der Waals surface area contributed by atoms with Crippen LogP contribution in [0, 0.1) is 12.8 Å². The summed E-state index contributed by atoms with van der Waals surface area (Å²) >= 11 is 6.50. The van der Waals surface area contributed by atoms with E-state index >= 15 is 0 Å². The highest BCUT2D eigenvalue weighted by molar-refractivity contribution is 6.33. The zero-order valence-corrected chi connectivity index (χ0v) is 16.6. The second-order valence-corrected chi connectivity index (χ2v) is 8.26. The monoisotopic (exact) mass is 402 g/mol. The number of aryl methyl sites for hydroxylation is 1. The Bertz CT molecular complexity index is 978. The molecule has 1 aliphatic heterocycles. The zero-order valence-electron chi connectivity index (χ0n) is 15.8. The Hall–Kier alpha value is -2.22. The SMILES string of the molecule is Cc1nccc(-c2nc([C@@](O)(CN)C3CC3)cc3c2OC[C@]3(C)C(N)=O)c1Cl. The first-order valence-corrected chi connectivity index (χ1v) is 9.63. The number of carbonyl (C=O) groups is 1. The van der Waals surface area contributed by atoms with Gasteiger partial charge in [-0.2, -0.15) is 0 Å². The van der Waals surface area contributed by atoms with Crippen LogP contribution >= 0.6 is 11.6 Å². The summed E-state index contributed by atoms with van der Waals surface area (Å²) in [4.78, 5) is 21.2. The number of nitrogens with zero attached hydrogens (tertiary/aromatic N) is 2. The molecule has 0 saturated heterocycles. The van der Waals surface area contributed by atoms with Crippen LogP contribution in [-0.2, 0) is 15.8 Å². The summed E-state index contributed by atoms with van der Waals surface area (Å²) in [6.45, 7) is 3.65. The van der Waals surface area contributed by atoms with Crippen molar-refractivity contribution in [1.29, 1.82) is 0 Å². The molecular weight excluding hydrogens is 380 g/mol. The molecular formula is C20H23ClN4O3. The molecule has 2 aromatic rings. The highest BCUT2D eigenvalue weighted by Gasteiger charge is 2.49. The highest BCUT2D eigenvalue weighted by Crippen LogP contribution is 2.50. The molecule has 2 atom stereocenters. The van der Waals surface area contributed by atoms with Crippen molar-refractivity contribution < 1.29 is 14.6 Å². The summed E-state index contributed by atoms with van der Waals surface area (Å²) < 4.78 is 5.88. The predicted molar refractivity (Wildman–Crippen MR) is 105 cm³/mol. The average molecular weight is 403 g/mol. The minimum absolute atomic E-state index is 0.0279. The van der Waals surface area contributed by atoms with Gasteiger partial charge in [-0.15, -0.1) is 0 Å². The van der Waals surface area contributed by atoms with Crippen molar-refractivity contribution in [2.24, 2.45) is 17.4 Å². The minimum atomic E-state index is -1.28. The molecule has 0 radical (unpaired) electrons. The molecule has 2 aromatic heterocycles. The number of carbonyl (C=O) groups excluding carboxylic acids is 1. The van der Waals surface area contributed by atoms with Crippen molar-refractivity contribution in [3.63, 3.8) is 0 Å². The second kappa shape index (κ2) is 6.40. The fourth-order valence-corrected chi connectivity index (χ4v) is 3.97. The lowest BCUT2D eigenvalue weighted by atomic mass is 9.81. The van der Waals surface area contributed by atoms with Crippen LogP contribution in [0.5, 0.6) is 5.75 Å². The van der Waals surface area contributed by atoms with Gasteiger partial charge >= 0.3 is 0 Å². The van der Waals surface area contributed by atoms with Crippen LogP contribution in [0.15, 0.2) is 18.3 Å². The Morgan fingerprint density at radius 2 is 2.21 bits per heavy atom. The van der Waals surface area contributed by atoms with Crippen LogP contribution in [-0.4, -0.2) is 34.1 Å². The number of hydrogen-bond acceptors (Lipinski definition) is 6. The molecule has 4 rings (SSSR count). The Kier molecular flexibility index (Phi) is 4.37. The molecule has 148 valence electrons. The van der Waals surface area contributed by atoms with Gasteiger partial charge in [0.2, 0.25) is 5.91 Å².